The zero-order valence-electron chi connectivity index (χ0n) is 16.2. The van der Waals surface area contributed by atoms with Crippen LogP contribution in [0.1, 0.15) is 42.8 Å². The predicted molar refractivity (Wildman–Crippen MR) is 108 cm³/mol. The molecule has 0 radical (unpaired) electrons. The van der Waals surface area contributed by atoms with Gasteiger partial charge in [0.15, 0.2) is 0 Å². The number of thiophene rings is 1. The third-order valence-corrected chi connectivity index (χ3v) is 7.18. The van der Waals surface area contributed by atoms with Crippen LogP contribution in [0, 0.1) is 0 Å². The van der Waals surface area contributed by atoms with Crippen molar-refractivity contribution in [2.45, 2.75) is 50.4 Å². The van der Waals surface area contributed by atoms with Crippen molar-refractivity contribution in [2.75, 3.05) is 19.7 Å². The summed E-state index contributed by atoms with van der Waals surface area (Å²) in [6, 6.07) is 9.30. The highest BCUT2D eigenvalue weighted by Crippen LogP contribution is 2.39. The Labute approximate surface area is 168 Å². The predicted octanol–water partition coefficient (Wildman–Crippen LogP) is 2.55. The molecular formula is C21H26N2O4S. The van der Waals surface area contributed by atoms with E-state index in [4.69, 9.17) is 4.74 Å². The van der Waals surface area contributed by atoms with Crippen molar-refractivity contribution >= 4 is 33.2 Å². The van der Waals surface area contributed by atoms with Crippen LogP contribution in [0.4, 0.5) is 0 Å². The van der Waals surface area contributed by atoms with Gasteiger partial charge in [0.05, 0.1) is 28.7 Å². The van der Waals surface area contributed by atoms with E-state index in [2.05, 4.69) is 5.32 Å². The number of fused-ring (bicyclic) bond motifs is 1. The molecule has 2 saturated heterocycles. The van der Waals surface area contributed by atoms with E-state index in [-0.39, 0.29) is 18.4 Å². The number of likely N-dealkylation sites (tertiary alicyclic amines) is 1. The summed E-state index contributed by atoms with van der Waals surface area (Å²) >= 11 is 1.45. The van der Waals surface area contributed by atoms with Crippen molar-refractivity contribution in [3.63, 3.8) is 0 Å². The molecule has 2 atom stereocenters. The molecule has 0 aliphatic carbocycles. The normalized spacial score (nSPS) is 27.1. The van der Waals surface area contributed by atoms with E-state index in [1.807, 2.05) is 35.2 Å². The van der Waals surface area contributed by atoms with Gasteiger partial charge in [0, 0.05) is 31.1 Å². The summed E-state index contributed by atoms with van der Waals surface area (Å²) in [6.07, 6.45) is 1.86. The van der Waals surface area contributed by atoms with Gasteiger partial charge in [-0.15, -0.1) is 11.3 Å². The minimum Gasteiger partial charge on any atom is -0.388 e. The van der Waals surface area contributed by atoms with Crippen molar-refractivity contribution in [1.29, 1.82) is 0 Å². The van der Waals surface area contributed by atoms with E-state index in [1.165, 1.54) is 11.3 Å². The number of piperidine rings is 1. The Morgan fingerprint density at radius 3 is 2.64 bits per heavy atom. The fourth-order valence-corrected chi connectivity index (χ4v) is 5.30. The first kappa shape index (κ1) is 19.4. The summed E-state index contributed by atoms with van der Waals surface area (Å²) in [4.78, 5) is 26.8. The smallest absolute Gasteiger partial charge is 0.261 e. The number of ether oxygens (including phenoxy) is 1. The average molecular weight is 403 g/mol. The summed E-state index contributed by atoms with van der Waals surface area (Å²) in [5, 5.41) is 15.1. The molecule has 1 aromatic heterocycles. The van der Waals surface area contributed by atoms with Gasteiger partial charge in [-0.05, 0) is 37.3 Å². The monoisotopic (exact) mass is 402 g/mol. The highest BCUT2D eigenvalue weighted by atomic mass is 32.1. The van der Waals surface area contributed by atoms with Crippen LogP contribution in [-0.2, 0) is 9.53 Å². The van der Waals surface area contributed by atoms with Crippen LogP contribution in [0.2, 0.25) is 0 Å². The minimum absolute atomic E-state index is 0.0749. The van der Waals surface area contributed by atoms with Gasteiger partial charge >= 0.3 is 0 Å². The number of rotatable bonds is 2. The molecule has 2 fully saturated rings. The molecule has 0 saturated carbocycles. The highest BCUT2D eigenvalue weighted by molar-refractivity contribution is 7.20. The van der Waals surface area contributed by atoms with Gasteiger partial charge in [-0.2, -0.15) is 0 Å². The zero-order chi connectivity index (χ0) is 19.9. The van der Waals surface area contributed by atoms with E-state index in [9.17, 15) is 14.7 Å². The van der Waals surface area contributed by atoms with Crippen LogP contribution in [0.5, 0.6) is 0 Å². The van der Waals surface area contributed by atoms with Crippen molar-refractivity contribution < 1.29 is 19.4 Å². The third-order valence-electron chi connectivity index (χ3n) is 6.06. The number of amides is 2. The van der Waals surface area contributed by atoms with Gasteiger partial charge in [0.1, 0.15) is 0 Å². The molecule has 28 heavy (non-hydrogen) atoms. The Bertz CT molecular complexity index is 866. The molecule has 2 aliphatic heterocycles. The van der Waals surface area contributed by atoms with E-state index in [1.54, 1.807) is 13.8 Å². The number of benzene rings is 1. The Morgan fingerprint density at radius 1 is 1.29 bits per heavy atom. The number of hydrogen-bond acceptors (Lipinski definition) is 5. The average Bonchev–Trinajstić information content (AvgIpc) is 3.08. The first-order valence-electron chi connectivity index (χ1n) is 9.69. The second-order valence-electron chi connectivity index (χ2n) is 8.21. The summed E-state index contributed by atoms with van der Waals surface area (Å²) in [7, 11) is 0. The lowest BCUT2D eigenvalue weighted by atomic mass is 9.75. The Kier molecular flexibility index (Phi) is 4.93. The van der Waals surface area contributed by atoms with E-state index < -0.39 is 17.2 Å². The Hall–Kier alpha value is -1.96. The molecule has 150 valence electrons. The largest absolute Gasteiger partial charge is 0.388 e. The first-order chi connectivity index (χ1) is 13.3. The van der Waals surface area contributed by atoms with Gasteiger partial charge in [0.2, 0.25) is 5.91 Å². The molecule has 3 heterocycles. The van der Waals surface area contributed by atoms with Crippen molar-refractivity contribution in [2.24, 2.45) is 0 Å². The van der Waals surface area contributed by atoms with Gasteiger partial charge in [-0.25, -0.2) is 0 Å². The standard InChI is InChI=1S/C21H26N2O4S/c1-14(24)23-9-7-21(8-10-23)13-20(2,26)18(12-27-21)22-19(25)17-11-15-5-3-4-6-16(15)28-17/h3-6,11,18,26H,7-10,12-13H2,1-2H3,(H,22,25)/t18-,20-/m0/s1. The van der Waals surface area contributed by atoms with Gasteiger partial charge < -0.3 is 20.1 Å². The van der Waals surface area contributed by atoms with Crippen LogP contribution in [0.3, 0.4) is 0 Å². The first-order valence-corrected chi connectivity index (χ1v) is 10.5. The summed E-state index contributed by atoms with van der Waals surface area (Å²) < 4.78 is 7.23. The summed E-state index contributed by atoms with van der Waals surface area (Å²) in [5.41, 5.74) is -1.49. The molecule has 6 nitrogen and oxygen atoms in total. The number of nitrogens with zero attached hydrogens (tertiary/aromatic N) is 1. The van der Waals surface area contributed by atoms with Crippen molar-refractivity contribution in [3.05, 3.63) is 35.2 Å². The molecule has 2 amide bonds. The minimum atomic E-state index is -1.07. The van der Waals surface area contributed by atoms with E-state index in [0.717, 1.165) is 10.1 Å². The molecule has 2 N–H and O–H groups in total. The molecule has 4 rings (SSSR count). The van der Waals surface area contributed by atoms with Crippen molar-refractivity contribution in [3.8, 4) is 0 Å². The highest BCUT2D eigenvalue weighted by Gasteiger charge is 2.49. The number of nitrogens with one attached hydrogen (secondary N) is 1. The van der Waals surface area contributed by atoms with Crippen LogP contribution in [0.25, 0.3) is 10.1 Å². The molecule has 7 heteroatoms. The lowest BCUT2D eigenvalue weighted by molar-refractivity contribution is -0.187. The number of carbonyl (C=O) groups is 2. The fraction of sp³-hybridized carbons (Fsp3) is 0.524. The molecule has 0 unspecified atom stereocenters. The van der Waals surface area contributed by atoms with Crippen LogP contribution < -0.4 is 5.32 Å². The van der Waals surface area contributed by atoms with Crippen LogP contribution >= 0.6 is 11.3 Å². The Morgan fingerprint density at radius 2 is 2.00 bits per heavy atom. The summed E-state index contributed by atoms with van der Waals surface area (Å²) in [6.45, 7) is 4.90. The molecule has 1 aromatic carbocycles. The molecule has 2 aromatic rings. The molecule has 2 aliphatic rings. The fourth-order valence-electron chi connectivity index (χ4n) is 4.34. The maximum atomic E-state index is 12.7. The number of carbonyl (C=O) groups excluding carboxylic acids is 2. The van der Waals surface area contributed by atoms with E-state index >= 15 is 0 Å². The molecular weight excluding hydrogens is 376 g/mol. The maximum Gasteiger partial charge on any atom is 0.261 e. The lowest BCUT2D eigenvalue weighted by Gasteiger charge is -2.51. The molecule has 0 bridgehead atoms. The lowest BCUT2D eigenvalue weighted by Crippen LogP contribution is -2.64. The molecule has 1 spiro atoms. The Balaban J connectivity index is 1.42. The van der Waals surface area contributed by atoms with Crippen LogP contribution in [-0.4, -0.2) is 58.8 Å². The van der Waals surface area contributed by atoms with Gasteiger partial charge in [-0.1, -0.05) is 18.2 Å². The quantitative estimate of drug-likeness (QED) is 0.809. The van der Waals surface area contributed by atoms with Crippen LogP contribution in [0.15, 0.2) is 30.3 Å². The number of aliphatic hydroxyl groups is 1. The van der Waals surface area contributed by atoms with Gasteiger partial charge in [-0.3, -0.25) is 9.59 Å². The summed E-state index contributed by atoms with van der Waals surface area (Å²) in [5.74, 6) is -0.108. The number of hydrogen-bond donors (Lipinski definition) is 2. The topological polar surface area (TPSA) is 78.9 Å². The third kappa shape index (κ3) is 3.66. The zero-order valence-corrected chi connectivity index (χ0v) is 17.1. The second kappa shape index (κ2) is 7.13. The van der Waals surface area contributed by atoms with Crippen molar-refractivity contribution in [1.82, 2.24) is 10.2 Å². The SMILES string of the molecule is CC(=O)N1CCC2(CC1)C[C@](C)(O)[C@@H](NC(=O)c1cc3ccccc3s1)CO2. The van der Waals surface area contributed by atoms with Gasteiger partial charge in [0.25, 0.3) is 5.91 Å². The second-order valence-corrected chi connectivity index (χ2v) is 9.29. The maximum absolute atomic E-state index is 12.7. The van der Waals surface area contributed by atoms with E-state index in [0.29, 0.717) is 37.2 Å².